The molecule has 42 heavy (non-hydrogen) atoms. The van der Waals surface area contributed by atoms with E-state index < -0.39 is 23.5 Å². The number of aromatic nitrogens is 3. The van der Waals surface area contributed by atoms with Gasteiger partial charge in [-0.3, -0.25) is 4.79 Å². The van der Waals surface area contributed by atoms with Gasteiger partial charge in [0.15, 0.2) is 5.82 Å². The maximum absolute atomic E-state index is 13.3. The highest BCUT2D eigenvalue weighted by atomic mass is 19.4. The largest absolute Gasteiger partial charge is 0.497 e. The van der Waals surface area contributed by atoms with Crippen LogP contribution in [0, 0.1) is 5.82 Å². The van der Waals surface area contributed by atoms with Gasteiger partial charge in [-0.1, -0.05) is 30.3 Å². The smallest absolute Gasteiger partial charge is 0.416 e. The van der Waals surface area contributed by atoms with E-state index >= 15 is 0 Å². The Morgan fingerprint density at radius 2 is 1.64 bits per heavy atom. The van der Waals surface area contributed by atoms with Gasteiger partial charge in [-0.15, -0.1) is 5.10 Å². The summed E-state index contributed by atoms with van der Waals surface area (Å²) in [5.74, 6) is 0.0661. The highest BCUT2D eigenvalue weighted by Gasteiger charge is 2.30. The minimum absolute atomic E-state index is 0.0270. The molecule has 0 fully saturated rings. The van der Waals surface area contributed by atoms with Crippen LogP contribution in [0.15, 0.2) is 97.1 Å². The summed E-state index contributed by atoms with van der Waals surface area (Å²) in [6, 6.07) is 23.9. The van der Waals surface area contributed by atoms with Crippen LogP contribution < -0.4 is 14.8 Å². The average molecular weight is 577 g/mol. The summed E-state index contributed by atoms with van der Waals surface area (Å²) in [7, 11) is 1.59. The Kier molecular flexibility index (Phi) is 8.19. The quantitative estimate of drug-likeness (QED) is 0.192. The molecular weight excluding hydrogens is 552 g/mol. The number of nitrogens with zero attached hydrogens (tertiary/aromatic N) is 3. The monoisotopic (exact) mass is 576 g/mol. The number of hydrogen-bond acceptors (Lipinski definition) is 5. The van der Waals surface area contributed by atoms with Crippen molar-refractivity contribution >= 4 is 11.6 Å². The molecule has 0 atom stereocenters. The molecule has 4 aromatic carbocycles. The third kappa shape index (κ3) is 6.74. The normalized spacial score (nSPS) is 11.3. The number of nitrogens with one attached hydrogen (secondary N) is 1. The molecule has 0 saturated heterocycles. The lowest BCUT2D eigenvalue weighted by Gasteiger charge is -2.10. The molecule has 1 N–H and O–H groups in total. The minimum Gasteiger partial charge on any atom is -0.497 e. The average Bonchev–Trinajstić information content (AvgIpc) is 3.42. The van der Waals surface area contributed by atoms with Gasteiger partial charge in [0, 0.05) is 23.2 Å². The number of benzene rings is 4. The summed E-state index contributed by atoms with van der Waals surface area (Å²) in [4.78, 5) is 17.1. The first-order chi connectivity index (χ1) is 20.2. The van der Waals surface area contributed by atoms with E-state index in [-0.39, 0.29) is 24.0 Å². The molecule has 5 aromatic rings. The van der Waals surface area contributed by atoms with Crippen LogP contribution in [0.1, 0.15) is 21.5 Å². The second-order valence-electron chi connectivity index (χ2n) is 9.16. The molecule has 0 aliphatic carbocycles. The number of methoxy groups -OCH3 is 1. The first-order valence-corrected chi connectivity index (χ1v) is 12.8. The lowest BCUT2D eigenvalue weighted by Crippen LogP contribution is -2.12. The molecule has 0 bridgehead atoms. The summed E-state index contributed by atoms with van der Waals surface area (Å²) < 4.78 is 65.2. The topological polar surface area (TPSA) is 78.3 Å². The van der Waals surface area contributed by atoms with E-state index in [0.29, 0.717) is 23.4 Å². The van der Waals surface area contributed by atoms with Crippen molar-refractivity contribution in [1.29, 1.82) is 0 Å². The zero-order valence-electron chi connectivity index (χ0n) is 22.2. The number of halogens is 4. The molecule has 5 rings (SSSR count). The molecule has 0 radical (unpaired) electrons. The first-order valence-electron chi connectivity index (χ1n) is 12.8. The predicted molar refractivity (Wildman–Crippen MR) is 148 cm³/mol. The summed E-state index contributed by atoms with van der Waals surface area (Å²) in [5, 5.41) is 7.21. The van der Waals surface area contributed by atoms with E-state index in [1.165, 1.54) is 41.1 Å². The maximum Gasteiger partial charge on any atom is 0.416 e. The van der Waals surface area contributed by atoms with Crippen molar-refractivity contribution in [2.75, 3.05) is 19.0 Å². The Hall–Kier alpha value is -5.19. The number of amides is 1. The van der Waals surface area contributed by atoms with Crippen LogP contribution in [0.25, 0.3) is 17.1 Å². The summed E-state index contributed by atoms with van der Waals surface area (Å²) >= 11 is 0. The summed E-state index contributed by atoms with van der Waals surface area (Å²) in [6.45, 7) is 0.247. The number of anilines is 1. The fourth-order valence-corrected chi connectivity index (χ4v) is 4.10. The molecular formula is C31H24F4N4O3. The lowest BCUT2D eigenvalue weighted by atomic mass is 10.1. The standard InChI is InChI=1S/C31H24F4N4O3/c1-41-27-15-5-20(6-16-27)17-18-42-30-37-28(21-7-11-23(12-8-21)31(33,34)35)39(38-30)26-4-2-3-25(19-26)36-29(40)22-9-13-24(32)14-10-22/h2-16,19H,17-18H2,1H3,(H,36,40). The van der Waals surface area contributed by atoms with Gasteiger partial charge in [-0.05, 0) is 72.3 Å². The van der Waals surface area contributed by atoms with Gasteiger partial charge in [-0.2, -0.15) is 18.2 Å². The first kappa shape index (κ1) is 28.3. The van der Waals surface area contributed by atoms with Crippen LogP contribution in [0.2, 0.25) is 0 Å². The molecule has 1 heterocycles. The van der Waals surface area contributed by atoms with Gasteiger partial charge in [0.25, 0.3) is 5.91 Å². The van der Waals surface area contributed by atoms with Crippen molar-refractivity contribution in [2.24, 2.45) is 0 Å². The fourth-order valence-electron chi connectivity index (χ4n) is 4.10. The van der Waals surface area contributed by atoms with Crippen LogP contribution in [-0.4, -0.2) is 34.4 Å². The Morgan fingerprint density at radius 3 is 2.31 bits per heavy atom. The highest BCUT2D eigenvalue weighted by Crippen LogP contribution is 2.32. The van der Waals surface area contributed by atoms with Crippen LogP contribution >= 0.6 is 0 Å². The third-order valence-corrected chi connectivity index (χ3v) is 6.29. The number of carbonyl (C=O) groups is 1. The van der Waals surface area contributed by atoms with Gasteiger partial charge in [-0.25, -0.2) is 9.07 Å². The van der Waals surface area contributed by atoms with Crippen molar-refractivity contribution in [3.05, 3.63) is 120 Å². The van der Waals surface area contributed by atoms with Crippen molar-refractivity contribution in [3.8, 4) is 28.8 Å². The number of ether oxygens (including phenoxy) is 2. The molecule has 7 nitrogen and oxygen atoms in total. The molecule has 0 saturated carbocycles. The van der Waals surface area contributed by atoms with Crippen molar-refractivity contribution in [3.63, 3.8) is 0 Å². The molecule has 1 amide bonds. The molecule has 0 aliphatic heterocycles. The molecule has 1 aromatic heterocycles. The SMILES string of the molecule is COc1ccc(CCOc2nc(-c3ccc(C(F)(F)F)cc3)n(-c3cccc(NC(=O)c4ccc(F)cc4)c3)n2)cc1. The van der Waals surface area contributed by atoms with Gasteiger partial charge >= 0.3 is 12.2 Å². The van der Waals surface area contributed by atoms with Crippen molar-refractivity contribution < 1.29 is 31.8 Å². The Morgan fingerprint density at radius 1 is 0.929 bits per heavy atom. The highest BCUT2D eigenvalue weighted by molar-refractivity contribution is 6.04. The van der Waals surface area contributed by atoms with Gasteiger partial charge in [0.2, 0.25) is 0 Å². The molecule has 11 heteroatoms. The summed E-state index contributed by atoms with van der Waals surface area (Å²) in [5.41, 5.74) is 1.74. The van der Waals surface area contributed by atoms with E-state index in [1.807, 2.05) is 24.3 Å². The van der Waals surface area contributed by atoms with Crippen LogP contribution in [0.4, 0.5) is 23.2 Å². The Bertz CT molecular complexity index is 1670. The number of hydrogen-bond donors (Lipinski definition) is 1. The molecule has 0 spiro atoms. The lowest BCUT2D eigenvalue weighted by molar-refractivity contribution is -0.137. The van der Waals surface area contributed by atoms with Gasteiger partial charge < -0.3 is 14.8 Å². The zero-order valence-corrected chi connectivity index (χ0v) is 22.2. The second-order valence-corrected chi connectivity index (χ2v) is 9.16. The Labute approximate surface area is 238 Å². The number of carbonyl (C=O) groups excluding carboxylic acids is 1. The van der Waals surface area contributed by atoms with Crippen molar-refractivity contribution in [1.82, 2.24) is 14.8 Å². The van der Waals surface area contributed by atoms with E-state index in [9.17, 15) is 22.4 Å². The second kappa shape index (κ2) is 12.1. The van der Waals surface area contributed by atoms with Crippen molar-refractivity contribution in [2.45, 2.75) is 12.6 Å². The van der Waals surface area contributed by atoms with Crippen LogP contribution in [-0.2, 0) is 12.6 Å². The third-order valence-electron chi connectivity index (χ3n) is 6.29. The predicted octanol–water partition coefficient (Wildman–Crippen LogP) is 6.97. The van der Waals surface area contributed by atoms with E-state index in [1.54, 1.807) is 31.4 Å². The number of rotatable bonds is 9. The molecule has 214 valence electrons. The fraction of sp³-hybridized carbons (Fsp3) is 0.129. The van der Waals surface area contributed by atoms with Crippen LogP contribution in [0.3, 0.4) is 0 Å². The minimum atomic E-state index is -4.49. The van der Waals surface area contributed by atoms with E-state index in [0.717, 1.165) is 23.4 Å². The number of alkyl halides is 3. The van der Waals surface area contributed by atoms with E-state index in [2.05, 4.69) is 15.4 Å². The van der Waals surface area contributed by atoms with Gasteiger partial charge in [0.05, 0.1) is 25.0 Å². The molecule has 0 unspecified atom stereocenters. The van der Waals surface area contributed by atoms with E-state index in [4.69, 9.17) is 9.47 Å². The summed E-state index contributed by atoms with van der Waals surface area (Å²) in [6.07, 6.45) is -3.93. The van der Waals surface area contributed by atoms with Gasteiger partial charge in [0.1, 0.15) is 11.6 Å². The molecule has 0 aliphatic rings. The van der Waals surface area contributed by atoms with Crippen LogP contribution in [0.5, 0.6) is 11.8 Å². The maximum atomic E-state index is 13.3. The Balaban J connectivity index is 1.42. The zero-order chi connectivity index (χ0) is 29.7.